The SMILES string of the molecule is O=C(OCc1ccccc1)c1nc2cc(Br)ccc2[nH]1. The zero-order chi connectivity index (χ0) is 13.9. The number of benzene rings is 2. The normalized spacial score (nSPS) is 10.7. The lowest BCUT2D eigenvalue weighted by Gasteiger charge is -2.02. The van der Waals surface area contributed by atoms with E-state index < -0.39 is 5.97 Å². The minimum Gasteiger partial charge on any atom is -0.455 e. The van der Waals surface area contributed by atoms with Crippen molar-refractivity contribution in [2.75, 3.05) is 0 Å². The molecule has 0 amide bonds. The summed E-state index contributed by atoms with van der Waals surface area (Å²) in [6.45, 7) is 0.237. The number of rotatable bonds is 3. The van der Waals surface area contributed by atoms with E-state index in [-0.39, 0.29) is 12.4 Å². The maximum atomic E-state index is 11.9. The van der Waals surface area contributed by atoms with Crippen LogP contribution in [0.3, 0.4) is 0 Å². The summed E-state index contributed by atoms with van der Waals surface area (Å²) in [6, 6.07) is 15.1. The van der Waals surface area contributed by atoms with Crippen LogP contribution < -0.4 is 0 Å². The van der Waals surface area contributed by atoms with Crippen molar-refractivity contribution in [1.82, 2.24) is 9.97 Å². The Bertz CT molecular complexity index is 753. The second-order valence-electron chi connectivity index (χ2n) is 4.31. The number of esters is 1. The Morgan fingerprint density at radius 2 is 2.00 bits per heavy atom. The number of halogens is 1. The molecule has 4 nitrogen and oxygen atoms in total. The van der Waals surface area contributed by atoms with Gasteiger partial charge in [-0.2, -0.15) is 0 Å². The monoisotopic (exact) mass is 330 g/mol. The van der Waals surface area contributed by atoms with E-state index in [2.05, 4.69) is 25.9 Å². The number of carbonyl (C=O) groups excluding carboxylic acids is 1. The van der Waals surface area contributed by atoms with Gasteiger partial charge in [0.1, 0.15) is 6.61 Å². The van der Waals surface area contributed by atoms with Crippen molar-refractivity contribution in [3.63, 3.8) is 0 Å². The molecule has 1 N–H and O–H groups in total. The van der Waals surface area contributed by atoms with Crippen molar-refractivity contribution in [2.45, 2.75) is 6.61 Å². The van der Waals surface area contributed by atoms with Crippen LogP contribution in [-0.2, 0) is 11.3 Å². The molecule has 0 unspecified atom stereocenters. The fourth-order valence-corrected chi connectivity index (χ4v) is 2.22. The van der Waals surface area contributed by atoms with Gasteiger partial charge in [-0.25, -0.2) is 9.78 Å². The van der Waals surface area contributed by atoms with Crippen molar-refractivity contribution in [2.24, 2.45) is 0 Å². The quantitative estimate of drug-likeness (QED) is 0.745. The average Bonchev–Trinajstić information content (AvgIpc) is 2.89. The molecule has 1 heterocycles. The summed E-state index contributed by atoms with van der Waals surface area (Å²) in [6.07, 6.45) is 0. The molecular formula is C15H11BrN2O2. The number of hydrogen-bond donors (Lipinski definition) is 1. The van der Waals surface area contributed by atoms with Crippen LogP contribution in [0.4, 0.5) is 0 Å². The Balaban J connectivity index is 1.75. The van der Waals surface area contributed by atoms with Crippen molar-refractivity contribution >= 4 is 32.9 Å². The standard InChI is InChI=1S/C15H11BrN2O2/c16-11-6-7-12-13(8-11)18-14(17-12)15(19)20-9-10-4-2-1-3-5-10/h1-8H,9H2,(H,17,18). The van der Waals surface area contributed by atoms with E-state index in [1.165, 1.54) is 0 Å². The van der Waals surface area contributed by atoms with Gasteiger partial charge in [0.05, 0.1) is 11.0 Å². The molecule has 0 radical (unpaired) electrons. The first kappa shape index (κ1) is 12.9. The van der Waals surface area contributed by atoms with Gasteiger partial charge < -0.3 is 9.72 Å². The van der Waals surface area contributed by atoms with E-state index in [0.29, 0.717) is 0 Å². The van der Waals surface area contributed by atoms with Gasteiger partial charge in [0.15, 0.2) is 0 Å². The van der Waals surface area contributed by atoms with Crippen molar-refractivity contribution in [1.29, 1.82) is 0 Å². The minimum atomic E-state index is -0.457. The molecule has 5 heteroatoms. The number of nitrogens with one attached hydrogen (secondary N) is 1. The van der Waals surface area contributed by atoms with E-state index in [0.717, 1.165) is 21.1 Å². The van der Waals surface area contributed by atoms with Gasteiger partial charge in [0.2, 0.25) is 5.82 Å². The number of hydrogen-bond acceptors (Lipinski definition) is 3. The number of aromatic amines is 1. The molecule has 0 aliphatic rings. The molecule has 0 atom stereocenters. The zero-order valence-electron chi connectivity index (χ0n) is 10.5. The van der Waals surface area contributed by atoms with Gasteiger partial charge in [-0.15, -0.1) is 0 Å². The number of carbonyl (C=O) groups is 1. The van der Waals surface area contributed by atoms with Crippen LogP contribution in [0.5, 0.6) is 0 Å². The van der Waals surface area contributed by atoms with Crippen LogP contribution in [0.25, 0.3) is 11.0 Å². The molecule has 0 saturated heterocycles. The molecule has 0 aliphatic heterocycles. The maximum absolute atomic E-state index is 11.9. The van der Waals surface area contributed by atoms with E-state index in [4.69, 9.17) is 4.74 Å². The van der Waals surface area contributed by atoms with Gasteiger partial charge in [0.25, 0.3) is 0 Å². The van der Waals surface area contributed by atoms with Crippen LogP contribution in [-0.4, -0.2) is 15.9 Å². The largest absolute Gasteiger partial charge is 0.455 e. The molecule has 3 aromatic rings. The van der Waals surface area contributed by atoms with Crippen LogP contribution in [0.1, 0.15) is 16.2 Å². The summed E-state index contributed by atoms with van der Waals surface area (Å²) in [4.78, 5) is 19.1. The third-order valence-corrected chi connectivity index (χ3v) is 3.34. The predicted molar refractivity (Wildman–Crippen MR) is 79.4 cm³/mol. The molecule has 1 aromatic heterocycles. The lowest BCUT2D eigenvalue weighted by atomic mass is 10.2. The van der Waals surface area contributed by atoms with Gasteiger partial charge in [0, 0.05) is 4.47 Å². The number of nitrogens with zero attached hydrogens (tertiary/aromatic N) is 1. The highest BCUT2D eigenvalue weighted by atomic mass is 79.9. The fraction of sp³-hybridized carbons (Fsp3) is 0.0667. The Hall–Kier alpha value is -2.14. The molecule has 0 spiro atoms. The molecule has 0 bridgehead atoms. The van der Waals surface area contributed by atoms with E-state index in [1.54, 1.807) is 0 Å². The zero-order valence-corrected chi connectivity index (χ0v) is 12.1. The molecule has 0 fully saturated rings. The maximum Gasteiger partial charge on any atom is 0.374 e. The molecule has 20 heavy (non-hydrogen) atoms. The summed E-state index contributed by atoms with van der Waals surface area (Å²) in [7, 11) is 0. The minimum absolute atomic E-state index is 0.217. The Labute approximate surface area is 123 Å². The van der Waals surface area contributed by atoms with Gasteiger partial charge in [-0.3, -0.25) is 0 Å². The Kier molecular flexibility index (Phi) is 3.52. The van der Waals surface area contributed by atoms with Crippen molar-refractivity contribution in [3.05, 3.63) is 64.4 Å². The van der Waals surface area contributed by atoms with Crippen LogP contribution in [0, 0.1) is 0 Å². The number of aromatic nitrogens is 2. The molecule has 0 saturated carbocycles. The number of fused-ring (bicyclic) bond motifs is 1. The lowest BCUT2D eigenvalue weighted by Crippen LogP contribution is -2.07. The first-order valence-corrected chi connectivity index (χ1v) is 6.88. The molecule has 2 aromatic carbocycles. The topological polar surface area (TPSA) is 55.0 Å². The first-order valence-electron chi connectivity index (χ1n) is 6.09. The summed E-state index contributed by atoms with van der Waals surface area (Å²) < 4.78 is 6.15. The smallest absolute Gasteiger partial charge is 0.374 e. The van der Waals surface area contributed by atoms with E-state index >= 15 is 0 Å². The summed E-state index contributed by atoms with van der Waals surface area (Å²) in [5.74, 6) is -0.241. The average molecular weight is 331 g/mol. The van der Waals surface area contributed by atoms with Crippen LogP contribution in [0.2, 0.25) is 0 Å². The highest BCUT2D eigenvalue weighted by Crippen LogP contribution is 2.18. The van der Waals surface area contributed by atoms with Crippen molar-refractivity contribution < 1.29 is 9.53 Å². The number of H-pyrrole nitrogens is 1. The first-order chi connectivity index (χ1) is 9.72. The summed E-state index contributed by atoms with van der Waals surface area (Å²) in [5, 5.41) is 0. The highest BCUT2D eigenvalue weighted by molar-refractivity contribution is 9.10. The molecule has 0 aliphatic carbocycles. The number of ether oxygens (including phenoxy) is 1. The Morgan fingerprint density at radius 1 is 1.20 bits per heavy atom. The van der Waals surface area contributed by atoms with Crippen LogP contribution in [0.15, 0.2) is 53.0 Å². The van der Waals surface area contributed by atoms with Crippen LogP contribution >= 0.6 is 15.9 Å². The van der Waals surface area contributed by atoms with Gasteiger partial charge in [-0.05, 0) is 23.8 Å². The summed E-state index contributed by atoms with van der Waals surface area (Å²) in [5.41, 5.74) is 2.48. The molecular weight excluding hydrogens is 320 g/mol. The third-order valence-electron chi connectivity index (χ3n) is 2.85. The highest BCUT2D eigenvalue weighted by Gasteiger charge is 2.13. The Morgan fingerprint density at radius 3 is 2.80 bits per heavy atom. The number of imidazole rings is 1. The fourth-order valence-electron chi connectivity index (χ4n) is 1.87. The van der Waals surface area contributed by atoms with Gasteiger partial charge >= 0.3 is 5.97 Å². The van der Waals surface area contributed by atoms with E-state index in [1.807, 2.05) is 48.5 Å². The second kappa shape index (κ2) is 5.46. The molecule has 100 valence electrons. The van der Waals surface area contributed by atoms with Crippen molar-refractivity contribution in [3.8, 4) is 0 Å². The van der Waals surface area contributed by atoms with E-state index in [9.17, 15) is 4.79 Å². The van der Waals surface area contributed by atoms with Gasteiger partial charge in [-0.1, -0.05) is 46.3 Å². The third kappa shape index (κ3) is 2.72. The lowest BCUT2D eigenvalue weighted by molar-refractivity contribution is 0.0460. The predicted octanol–water partition coefficient (Wildman–Crippen LogP) is 3.68. The second-order valence-corrected chi connectivity index (χ2v) is 5.22. The molecule has 3 rings (SSSR count). The summed E-state index contributed by atoms with van der Waals surface area (Å²) >= 11 is 3.37.